The normalized spacial score (nSPS) is 20.1. The molecule has 0 spiro atoms. The topological polar surface area (TPSA) is 62.4 Å². The molecular formula is C19H22ClN3O2. The zero-order chi connectivity index (χ0) is 17.6. The molecular weight excluding hydrogens is 338 g/mol. The minimum Gasteiger partial charge on any atom is -0.380 e. The quantitative estimate of drug-likeness (QED) is 0.766. The monoisotopic (exact) mass is 359 g/mol. The molecule has 1 fully saturated rings. The van der Waals surface area contributed by atoms with Crippen molar-refractivity contribution >= 4 is 28.9 Å². The van der Waals surface area contributed by atoms with E-state index in [1.807, 2.05) is 37.3 Å². The van der Waals surface area contributed by atoms with Crippen LogP contribution in [0.15, 0.2) is 48.5 Å². The summed E-state index contributed by atoms with van der Waals surface area (Å²) in [6.07, 6.45) is -0.156. The third-order valence-corrected chi connectivity index (χ3v) is 4.47. The van der Waals surface area contributed by atoms with Crippen LogP contribution in [0.4, 0.5) is 11.4 Å². The van der Waals surface area contributed by atoms with Gasteiger partial charge in [0.1, 0.15) is 6.04 Å². The molecule has 0 radical (unpaired) electrons. The van der Waals surface area contributed by atoms with E-state index >= 15 is 0 Å². The Morgan fingerprint density at radius 1 is 1.28 bits per heavy atom. The van der Waals surface area contributed by atoms with Crippen molar-refractivity contribution < 1.29 is 9.53 Å². The zero-order valence-electron chi connectivity index (χ0n) is 14.1. The maximum Gasteiger partial charge on any atom is 0.244 e. The number of anilines is 2. The predicted molar refractivity (Wildman–Crippen MR) is 101 cm³/mol. The minimum atomic E-state index is -0.358. The van der Waals surface area contributed by atoms with Crippen molar-refractivity contribution in [3.05, 3.63) is 59.1 Å². The van der Waals surface area contributed by atoms with Gasteiger partial charge in [0.05, 0.1) is 23.4 Å². The van der Waals surface area contributed by atoms with Crippen LogP contribution in [0.2, 0.25) is 5.02 Å². The number of ether oxygens (including phenoxy) is 1. The van der Waals surface area contributed by atoms with Gasteiger partial charge in [-0.25, -0.2) is 0 Å². The summed E-state index contributed by atoms with van der Waals surface area (Å²) in [6, 6.07) is 15.2. The number of rotatable bonds is 5. The van der Waals surface area contributed by atoms with Gasteiger partial charge in [-0.1, -0.05) is 41.9 Å². The Hall–Kier alpha value is -2.08. The minimum absolute atomic E-state index is 0.117. The molecule has 3 N–H and O–H groups in total. The highest BCUT2D eigenvalue weighted by molar-refractivity contribution is 6.33. The predicted octanol–water partition coefficient (Wildman–Crippen LogP) is 3.27. The van der Waals surface area contributed by atoms with Gasteiger partial charge in [-0.05, 0) is 30.7 Å². The Morgan fingerprint density at radius 2 is 2.08 bits per heavy atom. The lowest BCUT2D eigenvalue weighted by atomic mass is 10.1. The molecule has 0 saturated carbocycles. The largest absolute Gasteiger partial charge is 0.380 e. The standard InChI is InChI=1S/C19H22ClN3O2/c1-13-18(21-9-10-25-13)19(24)23-15-7-8-17(16(20)11-15)22-12-14-5-3-2-4-6-14/h2-8,11,13,18,21-22H,9-10,12H2,1H3,(H,23,24)/t13-,18+/m1/s1. The molecule has 0 aromatic heterocycles. The molecule has 1 saturated heterocycles. The molecule has 0 bridgehead atoms. The van der Waals surface area contributed by atoms with Crippen LogP contribution < -0.4 is 16.0 Å². The Labute approximate surface area is 152 Å². The second-order valence-corrected chi connectivity index (χ2v) is 6.44. The number of amides is 1. The van der Waals surface area contributed by atoms with E-state index in [-0.39, 0.29) is 18.1 Å². The summed E-state index contributed by atoms with van der Waals surface area (Å²) in [5.41, 5.74) is 2.67. The number of nitrogens with one attached hydrogen (secondary N) is 3. The van der Waals surface area contributed by atoms with E-state index in [2.05, 4.69) is 28.1 Å². The molecule has 25 heavy (non-hydrogen) atoms. The van der Waals surface area contributed by atoms with Gasteiger partial charge in [0.25, 0.3) is 0 Å². The van der Waals surface area contributed by atoms with Crippen molar-refractivity contribution in [3.63, 3.8) is 0 Å². The highest BCUT2D eigenvalue weighted by Crippen LogP contribution is 2.26. The fraction of sp³-hybridized carbons (Fsp3) is 0.316. The van der Waals surface area contributed by atoms with Crippen molar-refractivity contribution in [2.45, 2.75) is 25.6 Å². The van der Waals surface area contributed by atoms with Crippen LogP contribution >= 0.6 is 11.6 Å². The lowest BCUT2D eigenvalue weighted by molar-refractivity contribution is -0.123. The number of morpholine rings is 1. The molecule has 0 unspecified atom stereocenters. The molecule has 132 valence electrons. The molecule has 1 amide bonds. The van der Waals surface area contributed by atoms with Crippen molar-refractivity contribution in [1.29, 1.82) is 0 Å². The fourth-order valence-electron chi connectivity index (χ4n) is 2.78. The zero-order valence-corrected chi connectivity index (χ0v) is 14.8. The highest BCUT2D eigenvalue weighted by atomic mass is 35.5. The van der Waals surface area contributed by atoms with E-state index < -0.39 is 0 Å². The summed E-state index contributed by atoms with van der Waals surface area (Å²) in [5.74, 6) is -0.117. The molecule has 2 aromatic carbocycles. The Balaban J connectivity index is 1.60. The van der Waals surface area contributed by atoms with Crippen molar-refractivity contribution in [2.24, 2.45) is 0 Å². The number of hydrogen-bond donors (Lipinski definition) is 3. The molecule has 2 aromatic rings. The second-order valence-electron chi connectivity index (χ2n) is 6.03. The van der Waals surface area contributed by atoms with Gasteiger partial charge < -0.3 is 20.7 Å². The third kappa shape index (κ3) is 4.72. The lowest BCUT2D eigenvalue weighted by Gasteiger charge is -2.29. The van der Waals surface area contributed by atoms with Crippen LogP contribution in [-0.4, -0.2) is 31.2 Å². The SMILES string of the molecule is C[C@H]1OCCN[C@@H]1C(=O)Nc1ccc(NCc2ccccc2)c(Cl)c1. The van der Waals surface area contributed by atoms with Gasteiger partial charge in [0.15, 0.2) is 0 Å². The smallest absolute Gasteiger partial charge is 0.244 e. The molecule has 1 aliphatic heterocycles. The first-order chi connectivity index (χ1) is 12.1. The van der Waals surface area contributed by atoms with E-state index in [4.69, 9.17) is 16.3 Å². The fourth-order valence-corrected chi connectivity index (χ4v) is 3.02. The first-order valence-electron chi connectivity index (χ1n) is 8.36. The van der Waals surface area contributed by atoms with Crippen LogP contribution in [0.3, 0.4) is 0 Å². The number of hydrogen-bond acceptors (Lipinski definition) is 4. The van der Waals surface area contributed by atoms with Crippen molar-refractivity contribution in [1.82, 2.24) is 5.32 Å². The summed E-state index contributed by atoms with van der Waals surface area (Å²) in [7, 11) is 0. The lowest BCUT2D eigenvalue weighted by Crippen LogP contribution is -2.53. The summed E-state index contributed by atoms with van der Waals surface area (Å²) < 4.78 is 5.51. The summed E-state index contributed by atoms with van der Waals surface area (Å²) in [5, 5.41) is 9.93. The highest BCUT2D eigenvalue weighted by Gasteiger charge is 2.28. The van der Waals surface area contributed by atoms with Crippen LogP contribution in [0.25, 0.3) is 0 Å². The Bertz CT molecular complexity index is 724. The number of carbonyl (C=O) groups excluding carboxylic acids is 1. The van der Waals surface area contributed by atoms with Crippen LogP contribution in [-0.2, 0) is 16.1 Å². The Kier molecular flexibility index (Phi) is 5.91. The first kappa shape index (κ1) is 17.7. The van der Waals surface area contributed by atoms with Gasteiger partial charge >= 0.3 is 0 Å². The molecule has 3 rings (SSSR count). The summed E-state index contributed by atoms with van der Waals surface area (Å²) in [4.78, 5) is 12.4. The van der Waals surface area contributed by atoms with E-state index in [9.17, 15) is 4.79 Å². The van der Waals surface area contributed by atoms with Crippen LogP contribution in [0.1, 0.15) is 12.5 Å². The van der Waals surface area contributed by atoms with E-state index in [0.717, 1.165) is 5.69 Å². The third-order valence-electron chi connectivity index (χ3n) is 4.16. The van der Waals surface area contributed by atoms with Crippen molar-refractivity contribution in [2.75, 3.05) is 23.8 Å². The van der Waals surface area contributed by atoms with Crippen molar-refractivity contribution in [3.8, 4) is 0 Å². The first-order valence-corrected chi connectivity index (χ1v) is 8.74. The molecule has 1 aliphatic rings. The Morgan fingerprint density at radius 3 is 2.80 bits per heavy atom. The number of halogens is 1. The number of benzene rings is 2. The molecule has 0 aliphatic carbocycles. The second kappa shape index (κ2) is 8.34. The van der Waals surface area contributed by atoms with Gasteiger partial charge in [-0.3, -0.25) is 4.79 Å². The number of carbonyl (C=O) groups is 1. The van der Waals surface area contributed by atoms with Crippen LogP contribution in [0.5, 0.6) is 0 Å². The molecule has 1 heterocycles. The average molecular weight is 360 g/mol. The van der Waals surface area contributed by atoms with E-state index in [1.165, 1.54) is 5.56 Å². The van der Waals surface area contributed by atoms with E-state index in [0.29, 0.717) is 30.4 Å². The average Bonchev–Trinajstić information content (AvgIpc) is 2.62. The maximum atomic E-state index is 12.4. The van der Waals surface area contributed by atoms with E-state index in [1.54, 1.807) is 6.07 Å². The van der Waals surface area contributed by atoms with Gasteiger partial charge in [-0.15, -0.1) is 0 Å². The van der Waals surface area contributed by atoms with Gasteiger partial charge in [0.2, 0.25) is 5.91 Å². The van der Waals surface area contributed by atoms with Crippen LogP contribution in [0, 0.1) is 0 Å². The molecule has 5 nitrogen and oxygen atoms in total. The summed E-state index contributed by atoms with van der Waals surface area (Å²) >= 11 is 6.34. The van der Waals surface area contributed by atoms with Gasteiger partial charge in [-0.2, -0.15) is 0 Å². The maximum absolute atomic E-state index is 12.4. The molecule has 6 heteroatoms. The summed E-state index contributed by atoms with van der Waals surface area (Å²) in [6.45, 7) is 3.87. The van der Waals surface area contributed by atoms with Gasteiger partial charge in [0, 0.05) is 18.8 Å². The molecule has 2 atom stereocenters.